The number of nitrogens with one attached hydrogen (secondary N) is 1. The van der Waals surface area contributed by atoms with Crippen molar-refractivity contribution in [1.29, 1.82) is 0 Å². The molecule has 1 aromatic rings. The minimum atomic E-state index is 0.375. The van der Waals surface area contributed by atoms with Gasteiger partial charge in [-0.05, 0) is 31.7 Å². The maximum Gasteiger partial charge on any atom is 0.223 e. The minimum absolute atomic E-state index is 0.375. The van der Waals surface area contributed by atoms with E-state index in [2.05, 4.69) is 38.2 Å². The van der Waals surface area contributed by atoms with Gasteiger partial charge in [0.2, 0.25) is 5.95 Å². The van der Waals surface area contributed by atoms with Crippen LogP contribution in [0.5, 0.6) is 0 Å². The Balaban J connectivity index is 1.52. The van der Waals surface area contributed by atoms with Crippen molar-refractivity contribution in [2.75, 3.05) is 49.2 Å². The van der Waals surface area contributed by atoms with Crippen molar-refractivity contribution in [2.45, 2.75) is 18.9 Å². The van der Waals surface area contributed by atoms with E-state index in [1.54, 1.807) is 0 Å². The van der Waals surface area contributed by atoms with Crippen molar-refractivity contribution in [3.8, 4) is 0 Å². The highest BCUT2D eigenvalue weighted by atomic mass is 15.3. The van der Waals surface area contributed by atoms with E-state index in [4.69, 9.17) is 5.73 Å². The lowest BCUT2D eigenvalue weighted by molar-refractivity contribution is 0.387. The van der Waals surface area contributed by atoms with Crippen molar-refractivity contribution in [1.82, 2.24) is 14.9 Å². The summed E-state index contributed by atoms with van der Waals surface area (Å²) in [4.78, 5) is 13.5. The molecule has 1 saturated carbocycles. The van der Waals surface area contributed by atoms with Crippen molar-refractivity contribution in [2.24, 2.45) is 11.8 Å². The Hall–Kier alpha value is -1.56. The van der Waals surface area contributed by atoms with Gasteiger partial charge in [0.1, 0.15) is 11.6 Å². The number of aromatic nitrogens is 2. The van der Waals surface area contributed by atoms with E-state index in [1.165, 1.54) is 25.9 Å². The molecular weight excluding hydrogens is 252 g/mol. The molecule has 2 atom stereocenters. The number of nitrogen functional groups attached to an aromatic ring is 1. The first-order valence-electron chi connectivity index (χ1n) is 7.52. The van der Waals surface area contributed by atoms with Gasteiger partial charge in [-0.1, -0.05) is 0 Å². The molecule has 3 N–H and O–H groups in total. The fourth-order valence-electron chi connectivity index (χ4n) is 3.54. The Kier molecular flexibility index (Phi) is 2.73. The van der Waals surface area contributed by atoms with Crippen LogP contribution in [0.25, 0.3) is 0 Å². The Bertz CT molecular complexity index is 500. The van der Waals surface area contributed by atoms with Crippen LogP contribution in [0, 0.1) is 11.8 Å². The van der Waals surface area contributed by atoms with Crippen molar-refractivity contribution < 1.29 is 0 Å². The summed E-state index contributed by atoms with van der Waals surface area (Å²) in [5.41, 5.74) is 5.86. The molecule has 2 aliphatic heterocycles. The average molecular weight is 274 g/mol. The molecule has 2 unspecified atom stereocenters. The third-order valence-electron chi connectivity index (χ3n) is 4.65. The molecule has 6 heteroatoms. The third-order valence-corrected chi connectivity index (χ3v) is 4.65. The first-order valence-corrected chi connectivity index (χ1v) is 7.52. The Labute approximate surface area is 119 Å². The summed E-state index contributed by atoms with van der Waals surface area (Å²) in [7, 11) is 2.21. The molecule has 0 amide bonds. The van der Waals surface area contributed by atoms with Gasteiger partial charge in [-0.15, -0.1) is 0 Å². The molecule has 1 aromatic heterocycles. The van der Waals surface area contributed by atoms with Crippen LogP contribution in [0.1, 0.15) is 12.8 Å². The zero-order valence-corrected chi connectivity index (χ0v) is 11.9. The van der Waals surface area contributed by atoms with E-state index < -0.39 is 0 Å². The van der Waals surface area contributed by atoms with Crippen molar-refractivity contribution in [3.63, 3.8) is 0 Å². The van der Waals surface area contributed by atoms with Crippen LogP contribution in [0.2, 0.25) is 0 Å². The fourth-order valence-corrected chi connectivity index (χ4v) is 3.54. The van der Waals surface area contributed by atoms with Crippen LogP contribution in [0.3, 0.4) is 0 Å². The lowest BCUT2D eigenvalue weighted by atomic mass is 10.0. The van der Waals surface area contributed by atoms with Gasteiger partial charge in [0.15, 0.2) is 0 Å². The number of likely N-dealkylation sites (tertiary alicyclic amines) is 1. The molecule has 6 nitrogen and oxygen atoms in total. The summed E-state index contributed by atoms with van der Waals surface area (Å²) in [6.07, 6.45) is 2.47. The second-order valence-electron chi connectivity index (χ2n) is 6.53. The number of nitrogens with zero attached hydrogens (tertiary/aromatic N) is 4. The number of hydrogen-bond donors (Lipinski definition) is 2. The number of rotatable bonds is 3. The molecule has 108 valence electrons. The minimum Gasteiger partial charge on any atom is -0.368 e. The molecule has 20 heavy (non-hydrogen) atoms. The molecule has 2 saturated heterocycles. The molecule has 0 bridgehead atoms. The monoisotopic (exact) mass is 274 g/mol. The highest BCUT2D eigenvalue weighted by Gasteiger charge is 2.39. The standard InChI is InChI=1S/C14H22N6/c1-19-5-9-7-20(8-10(9)6-19)13-4-12(16-11-2-3-11)17-14(15)18-13/h4,9-11H,2-3,5-8H2,1H3,(H3,15,16,17,18). The first kappa shape index (κ1) is 12.2. The van der Waals surface area contributed by atoms with Crippen LogP contribution in [0.15, 0.2) is 6.07 Å². The quantitative estimate of drug-likeness (QED) is 0.842. The maximum atomic E-state index is 5.86. The molecule has 0 radical (unpaired) electrons. The lowest BCUT2D eigenvalue weighted by Crippen LogP contribution is -2.27. The van der Waals surface area contributed by atoms with Gasteiger partial charge in [0.25, 0.3) is 0 Å². The molecule has 3 fully saturated rings. The highest BCUT2D eigenvalue weighted by Crippen LogP contribution is 2.33. The van der Waals surface area contributed by atoms with Gasteiger partial charge < -0.3 is 20.9 Å². The predicted octanol–water partition coefficient (Wildman–Crippen LogP) is 0.631. The van der Waals surface area contributed by atoms with Gasteiger partial charge in [-0.25, -0.2) is 0 Å². The molecule has 1 aliphatic carbocycles. The summed E-state index contributed by atoms with van der Waals surface area (Å²) < 4.78 is 0. The number of fused-ring (bicyclic) bond motifs is 1. The summed E-state index contributed by atoms with van der Waals surface area (Å²) in [6.45, 7) is 4.59. The SMILES string of the molecule is CN1CC2CN(c3cc(NC4CC4)nc(N)n3)CC2C1. The largest absolute Gasteiger partial charge is 0.368 e. The van der Waals surface area contributed by atoms with Gasteiger partial charge in [0.05, 0.1) is 0 Å². The summed E-state index contributed by atoms with van der Waals surface area (Å²) in [5.74, 6) is 3.79. The van der Waals surface area contributed by atoms with E-state index in [9.17, 15) is 0 Å². The summed E-state index contributed by atoms with van der Waals surface area (Å²) >= 11 is 0. The van der Waals surface area contributed by atoms with Crippen LogP contribution in [0.4, 0.5) is 17.6 Å². The first-order chi connectivity index (χ1) is 9.67. The molecule has 3 aliphatic rings. The Morgan fingerprint density at radius 3 is 2.50 bits per heavy atom. The van der Waals surface area contributed by atoms with Crippen molar-refractivity contribution in [3.05, 3.63) is 6.07 Å². The van der Waals surface area contributed by atoms with Gasteiger partial charge >= 0.3 is 0 Å². The van der Waals surface area contributed by atoms with E-state index >= 15 is 0 Å². The van der Waals surface area contributed by atoms with Crippen molar-refractivity contribution >= 4 is 17.6 Å². The van der Waals surface area contributed by atoms with Crippen LogP contribution in [-0.2, 0) is 0 Å². The van der Waals surface area contributed by atoms with Gasteiger partial charge in [0, 0.05) is 38.3 Å². The highest BCUT2D eigenvalue weighted by molar-refractivity contribution is 5.54. The van der Waals surface area contributed by atoms with E-state index in [0.717, 1.165) is 36.6 Å². The smallest absolute Gasteiger partial charge is 0.223 e. The molecular formula is C14H22N6. The fraction of sp³-hybridized carbons (Fsp3) is 0.714. The Morgan fingerprint density at radius 1 is 1.15 bits per heavy atom. The van der Waals surface area contributed by atoms with E-state index in [0.29, 0.717) is 12.0 Å². The third kappa shape index (κ3) is 2.28. The average Bonchev–Trinajstić information content (AvgIpc) is 2.99. The maximum absolute atomic E-state index is 5.86. The van der Waals surface area contributed by atoms with E-state index in [-0.39, 0.29) is 0 Å². The van der Waals surface area contributed by atoms with Gasteiger partial charge in [-0.2, -0.15) is 9.97 Å². The van der Waals surface area contributed by atoms with Crippen LogP contribution >= 0.6 is 0 Å². The summed E-state index contributed by atoms with van der Waals surface area (Å²) in [5, 5.41) is 3.41. The number of nitrogens with two attached hydrogens (primary N) is 1. The summed E-state index contributed by atoms with van der Waals surface area (Å²) in [6, 6.07) is 2.64. The Morgan fingerprint density at radius 2 is 1.85 bits per heavy atom. The second kappa shape index (κ2) is 4.48. The van der Waals surface area contributed by atoms with E-state index in [1.807, 2.05) is 0 Å². The lowest BCUT2D eigenvalue weighted by Gasteiger charge is -2.21. The molecule has 0 spiro atoms. The van der Waals surface area contributed by atoms with Gasteiger partial charge in [-0.3, -0.25) is 0 Å². The number of hydrogen-bond acceptors (Lipinski definition) is 6. The predicted molar refractivity (Wildman–Crippen MR) is 79.8 cm³/mol. The molecule has 0 aromatic carbocycles. The molecule has 3 heterocycles. The van der Waals surface area contributed by atoms with Crippen LogP contribution < -0.4 is 16.0 Å². The zero-order valence-electron chi connectivity index (χ0n) is 11.9. The topological polar surface area (TPSA) is 70.3 Å². The molecule has 4 rings (SSSR count). The normalized spacial score (nSPS) is 29.8. The second-order valence-corrected chi connectivity index (χ2v) is 6.53. The van der Waals surface area contributed by atoms with Crippen LogP contribution in [-0.4, -0.2) is 54.1 Å². The number of anilines is 3. The zero-order chi connectivity index (χ0) is 13.7.